The van der Waals surface area contributed by atoms with Gasteiger partial charge in [-0.2, -0.15) is 0 Å². The van der Waals surface area contributed by atoms with Gasteiger partial charge in [0.25, 0.3) is 10.0 Å². The second-order valence-electron chi connectivity index (χ2n) is 6.26. The molecule has 0 unspecified atom stereocenters. The molecule has 0 aliphatic rings. The van der Waals surface area contributed by atoms with Crippen LogP contribution in [0.3, 0.4) is 0 Å². The van der Waals surface area contributed by atoms with Crippen molar-refractivity contribution in [3.8, 4) is 11.5 Å². The van der Waals surface area contributed by atoms with E-state index in [4.69, 9.17) is 9.84 Å². The van der Waals surface area contributed by atoms with Crippen molar-refractivity contribution in [1.29, 1.82) is 0 Å². The summed E-state index contributed by atoms with van der Waals surface area (Å²) in [7, 11) is -3.74. The molecule has 3 rings (SSSR count). The molecule has 0 bridgehead atoms. The Kier molecular flexibility index (Phi) is 5.37. The number of hydrogen-bond acceptors (Lipinski definition) is 4. The quantitative estimate of drug-likeness (QED) is 0.634. The number of carboxylic acids is 1. The van der Waals surface area contributed by atoms with Crippen molar-refractivity contribution in [3.05, 3.63) is 83.4 Å². The summed E-state index contributed by atoms with van der Waals surface area (Å²) in [5.74, 6) is -0.304. The van der Waals surface area contributed by atoms with E-state index in [1.54, 1.807) is 24.3 Å². The average molecular weight is 397 g/mol. The summed E-state index contributed by atoms with van der Waals surface area (Å²) in [6.45, 7) is 3.77. The van der Waals surface area contributed by atoms with Crippen LogP contribution in [0.5, 0.6) is 11.5 Å². The van der Waals surface area contributed by atoms with Crippen LogP contribution in [0.25, 0.3) is 0 Å². The largest absolute Gasteiger partial charge is 0.478 e. The average Bonchev–Trinajstić information content (AvgIpc) is 2.66. The Morgan fingerprint density at radius 3 is 2.29 bits per heavy atom. The first-order valence-corrected chi connectivity index (χ1v) is 9.95. The first-order chi connectivity index (χ1) is 13.3. The molecule has 0 saturated heterocycles. The van der Waals surface area contributed by atoms with E-state index in [0.717, 1.165) is 11.1 Å². The highest BCUT2D eigenvalue weighted by Gasteiger charge is 2.16. The number of rotatable bonds is 6. The summed E-state index contributed by atoms with van der Waals surface area (Å²) < 4.78 is 33.5. The predicted molar refractivity (Wildman–Crippen MR) is 107 cm³/mol. The Morgan fingerprint density at radius 1 is 0.929 bits per heavy atom. The molecule has 0 aliphatic carbocycles. The van der Waals surface area contributed by atoms with Crippen molar-refractivity contribution >= 4 is 21.7 Å². The van der Waals surface area contributed by atoms with Crippen LogP contribution in [0, 0.1) is 13.8 Å². The highest BCUT2D eigenvalue weighted by Crippen LogP contribution is 2.26. The lowest BCUT2D eigenvalue weighted by molar-refractivity contribution is 0.0696. The molecule has 2 N–H and O–H groups in total. The van der Waals surface area contributed by atoms with E-state index in [0.29, 0.717) is 17.2 Å². The minimum atomic E-state index is -3.74. The third kappa shape index (κ3) is 4.32. The van der Waals surface area contributed by atoms with Gasteiger partial charge in [0.2, 0.25) is 0 Å². The number of aromatic carboxylic acids is 1. The van der Waals surface area contributed by atoms with Crippen LogP contribution in [0.1, 0.15) is 21.5 Å². The standard InChI is InChI=1S/C21H19NO5S/c1-14-5-3-8-20(15(14)2)22-28(25,26)19-11-9-17(10-12-19)27-18-7-4-6-16(13-18)21(23)24/h3-13,22H,1-2H3,(H,23,24). The molecular formula is C21H19NO5S. The van der Waals surface area contributed by atoms with Gasteiger partial charge in [-0.05, 0) is 73.5 Å². The van der Waals surface area contributed by atoms with Crippen molar-refractivity contribution < 1.29 is 23.1 Å². The van der Waals surface area contributed by atoms with Gasteiger partial charge in [-0.15, -0.1) is 0 Å². The lowest BCUT2D eigenvalue weighted by Gasteiger charge is -2.12. The second kappa shape index (κ2) is 7.74. The minimum absolute atomic E-state index is 0.0973. The SMILES string of the molecule is Cc1cccc(NS(=O)(=O)c2ccc(Oc3cccc(C(=O)O)c3)cc2)c1C. The molecule has 0 heterocycles. The number of benzene rings is 3. The fourth-order valence-electron chi connectivity index (χ4n) is 2.58. The van der Waals surface area contributed by atoms with Gasteiger partial charge in [0, 0.05) is 0 Å². The number of carbonyl (C=O) groups is 1. The van der Waals surface area contributed by atoms with Crippen molar-refractivity contribution in [2.45, 2.75) is 18.7 Å². The lowest BCUT2D eigenvalue weighted by Crippen LogP contribution is -2.14. The topological polar surface area (TPSA) is 92.7 Å². The Balaban J connectivity index is 1.79. The van der Waals surface area contributed by atoms with Crippen LogP contribution in [0.4, 0.5) is 5.69 Å². The second-order valence-corrected chi connectivity index (χ2v) is 7.94. The summed E-state index contributed by atoms with van der Waals surface area (Å²) in [4.78, 5) is 11.1. The molecule has 0 radical (unpaired) electrons. The molecule has 7 heteroatoms. The number of ether oxygens (including phenoxy) is 1. The molecule has 3 aromatic carbocycles. The maximum Gasteiger partial charge on any atom is 0.335 e. The molecular weight excluding hydrogens is 378 g/mol. The summed E-state index contributed by atoms with van der Waals surface area (Å²) >= 11 is 0. The summed E-state index contributed by atoms with van der Waals surface area (Å²) in [5.41, 5.74) is 2.50. The van der Waals surface area contributed by atoms with E-state index in [1.807, 2.05) is 19.9 Å². The highest BCUT2D eigenvalue weighted by molar-refractivity contribution is 7.92. The van der Waals surface area contributed by atoms with E-state index in [1.165, 1.54) is 36.4 Å². The molecule has 144 valence electrons. The van der Waals surface area contributed by atoms with Crippen molar-refractivity contribution in [2.75, 3.05) is 4.72 Å². The van der Waals surface area contributed by atoms with Crippen LogP contribution in [0.2, 0.25) is 0 Å². The van der Waals surface area contributed by atoms with E-state index < -0.39 is 16.0 Å². The molecule has 0 aromatic heterocycles. The van der Waals surface area contributed by atoms with Crippen LogP contribution >= 0.6 is 0 Å². The third-order valence-corrected chi connectivity index (χ3v) is 5.68. The van der Waals surface area contributed by atoms with Crippen molar-refractivity contribution in [2.24, 2.45) is 0 Å². The Morgan fingerprint density at radius 2 is 1.61 bits per heavy atom. The van der Waals surface area contributed by atoms with Crippen LogP contribution in [-0.4, -0.2) is 19.5 Å². The summed E-state index contributed by atoms with van der Waals surface area (Å²) in [6.07, 6.45) is 0. The van der Waals surface area contributed by atoms with Gasteiger partial charge >= 0.3 is 5.97 Å². The zero-order chi connectivity index (χ0) is 20.3. The monoisotopic (exact) mass is 397 g/mol. The van der Waals surface area contributed by atoms with E-state index in [9.17, 15) is 13.2 Å². The summed E-state index contributed by atoms with van der Waals surface area (Å²) in [6, 6.07) is 17.4. The van der Waals surface area contributed by atoms with Crippen LogP contribution < -0.4 is 9.46 Å². The number of anilines is 1. The fraction of sp³-hybridized carbons (Fsp3) is 0.0952. The van der Waals surface area contributed by atoms with Crippen LogP contribution in [-0.2, 0) is 10.0 Å². The molecule has 0 aliphatic heterocycles. The third-order valence-electron chi connectivity index (χ3n) is 4.30. The van der Waals surface area contributed by atoms with Gasteiger partial charge in [-0.3, -0.25) is 4.72 Å². The fourth-order valence-corrected chi connectivity index (χ4v) is 3.70. The van der Waals surface area contributed by atoms with Gasteiger partial charge in [0.15, 0.2) is 0 Å². The Labute approximate surface area is 163 Å². The van der Waals surface area contributed by atoms with E-state index >= 15 is 0 Å². The molecule has 3 aromatic rings. The lowest BCUT2D eigenvalue weighted by atomic mass is 10.1. The van der Waals surface area contributed by atoms with Gasteiger partial charge in [0.05, 0.1) is 16.1 Å². The van der Waals surface area contributed by atoms with Crippen LogP contribution in [0.15, 0.2) is 71.6 Å². The number of hydrogen-bond donors (Lipinski definition) is 2. The molecule has 0 fully saturated rings. The zero-order valence-electron chi connectivity index (χ0n) is 15.3. The van der Waals surface area contributed by atoms with E-state index in [-0.39, 0.29) is 10.5 Å². The number of sulfonamides is 1. The zero-order valence-corrected chi connectivity index (χ0v) is 16.2. The van der Waals surface area contributed by atoms with Gasteiger partial charge in [-0.25, -0.2) is 13.2 Å². The summed E-state index contributed by atoms with van der Waals surface area (Å²) in [5, 5.41) is 9.03. The minimum Gasteiger partial charge on any atom is -0.478 e. The van der Waals surface area contributed by atoms with Crippen molar-refractivity contribution in [1.82, 2.24) is 0 Å². The Hall–Kier alpha value is -3.32. The maximum atomic E-state index is 12.6. The van der Waals surface area contributed by atoms with Gasteiger partial charge in [-0.1, -0.05) is 18.2 Å². The smallest absolute Gasteiger partial charge is 0.335 e. The first kappa shape index (κ1) is 19.4. The van der Waals surface area contributed by atoms with Gasteiger partial charge in [0.1, 0.15) is 11.5 Å². The molecule has 0 spiro atoms. The molecule has 28 heavy (non-hydrogen) atoms. The number of carboxylic acid groups (broad SMARTS) is 1. The highest BCUT2D eigenvalue weighted by atomic mass is 32.2. The first-order valence-electron chi connectivity index (χ1n) is 8.46. The predicted octanol–water partition coefficient (Wildman–Crippen LogP) is 4.59. The molecule has 0 atom stereocenters. The Bertz CT molecular complexity index is 1120. The number of nitrogens with one attached hydrogen (secondary N) is 1. The normalized spacial score (nSPS) is 11.1. The maximum absolute atomic E-state index is 12.6. The number of aryl methyl sites for hydroxylation is 1. The van der Waals surface area contributed by atoms with Gasteiger partial charge < -0.3 is 9.84 Å². The molecule has 6 nitrogen and oxygen atoms in total. The molecule has 0 saturated carbocycles. The van der Waals surface area contributed by atoms with E-state index in [2.05, 4.69) is 4.72 Å². The van der Waals surface area contributed by atoms with Crippen molar-refractivity contribution in [3.63, 3.8) is 0 Å². The molecule has 0 amide bonds.